The summed E-state index contributed by atoms with van der Waals surface area (Å²) in [5.74, 6) is -0.915. The number of rotatable bonds is 5. The van der Waals surface area contributed by atoms with E-state index in [1.165, 1.54) is 12.3 Å². The fourth-order valence-electron chi connectivity index (χ4n) is 1.77. The maximum Gasteiger partial charge on any atom is 0.305 e. The van der Waals surface area contributed by atoms with Gasteiger partial charge in [-0.1, -0.05) is 11.6 Å². The number of aromatic nitrogens is 1. The lowest BCUT2D eigenvalue weighted by Crippen LogP contribution is -2.38. The maximum absolute atomic E-state index is 11.8. The average Bonchev–Trinajstić information content (AvgIpc) is 2.99. The van der Waals surface area contributed by atoms with Crippen LogP contribution in [0.3, 0.4) is 0 Å². The quantitative estimate of drug-likeness (QED) is 0.749. The molecule has 0 radical (unpaired) electrons. The van der Waals surface area contributed by atoms with Crippen LogP contribution in [0, 0.1) is 5.92 Å². The van der Waals surface area contributed by atoms with Crippen molar-refractivity contribution in [3.63, 3.8) is 0 Å². The molecule has 1 fully saturated rings. The summed E-state index contributed by atoms with van der Waals surface area (Å²) in [7, 11) is 0. The average molecular weight is 257 g/mol. The minimum atomic E-state index is -0.897. The third-order valence-corrected chi connectivity index (χ3v) is 3.01. The fourth-order valence-corrected chi connectivity index (χ4v) is 1.93. The molecule has 0 aromatic carbocycles. The Bertz CT molecular complexity index is 440. The van der Waals surface area contributed by atoms with Crippen LogP contribution in [0.1, 0.15) is 29.8 Å². The summed E-state index contributed by atoms with van der Waals surface area (Å²) in [4.78, 5) is 25.2. The molecule has 0 saturated heterocycles. The van der Waals surface area contributed by atoms with E-state index >= 15 is 0 Å². The van der Waals surface area contributed by atoms with Gasteiger partial charge in [0.05, 0.1) is 11.4 Å². The molecule has 2 rings (SSSR count). The summed E-state index contributed by atoms with van der Waals surface area (Å²) < 4.78 is 0. The molecule has 92 valence electrons. The number of carbonyl (C=O) groups is 2. The van der Waals surface area contributed by atoms with Gasteiger partial charge < -0.3 is 15.4 Å². The number of aromatic amines is 1. The third-order valence-electron chi connectivity index (χ3n) is 2.79. The van der Waals surface area contributed by atoms with Gasteiger partial charge in [0.1, 0.15) is 5.69 Å². The van der Waals surface area contributed by atoms with Gasteiger partial charge in [-0.25, -0.2) is 0 Å². The van der Waals surface area contributed by atoms with Crippen LogP contribution in [-0.2, 0) is 4.79 Å². The van der Waals surface area contributed by atoms with E-state index in [-0.39, 0.29) is 18.4 Å². The number of H-pyrrole nitrogens is 1. The molecule has 17 heavy (non-hydrogen) atoms. The van der Waals surface area contributed by atoms with Crippen LogP contribution in [0.4, 0.5) is 0 Å². The molecule has 1 aromatic rings. The predicted molar refractivity (Wildman–Crippen MR) is 62.0 cm³/mol. The van der Waals surface area contributed by atoms with Crippen LogP contribution in [0.5, 0.6) is 0 Å². The standard InChI is InChI=1S/C11H13ClN2O3/c12-7-3-9(13-5-7)11(17)14-8(4-10(15)16)6-1-2-6/h3,5-6,8,13H,1-2,4H2,(H,14,17)(H,15,16). The van der Waals surface area contributed by atoms with Crippen molar-refractivity contribution in [2.24, 2.45) is 5.92 Å². The monoisotopic (exact) mass is 256 g/mol. The second-order valence-electron chi connectivity index (χ2n) is 4.25. The Labute approximate surface area is 103 Å². The predicted octanol–water partition coefficient (Wildman–Crippen LogP) is 1.65. The van der Waals surface area contributed by atoms with Gasteiger partial charge in [-0.05, 0) is 24.8 Å². The van der Waals surface area contributed by atoms with Crippen molar-refractivity contribution in [2.45, 2.75) is 25.3 Å². The van der Waals surface area contributed by atoms with E-state index in [0.29, 0.717) is 16.6 Å². The molecule has 5 nitrogen and oxygen atoms in total. The zero-order chi connectivity index (χ0) is 12.4. The highest BCUT2D eigenvalue weighted by atomic mass is 35.5. The van der Waals surface area contributed by atoms with E-state index in [1.807, 2.05) is 0 Å². The second kappa shape index (κ2) is 4.79. The summed E-state index contributed by atoms with van der Waals surface area (Å²) in [6, 6.07) is 1.23. The normalized spacial score (nSPS) is 16.5. The first-order valence-corrected chi connectivity index (χ1v) is 5.80. The molecular weight excluding hydrogens is 244 g/mol. The number of hydrogen-bond donors (Lipinski definition) is 3. The molecule has 1 heterocycles. The van der Waals surface area contributed by atoms with E-state index in [4.69, 9.17) is 16.7 Å². The topological polar surface area (TPSA) is 82.2 Å². The van der Waals surface area contributed by atoms with Crippen molar-refractivity contribution in [1.82, 2.24) is 10.3 Å². The molecule has 6 heteroatoms. The summed E-state index contributed by atoms with van der Waals surface area (Å²) in [5, 5.41) is 12.0. The molecule has 0 bridgehead atoms. The molecule has 1 aliphatic carbocycles. The van der Waals surface area contributed by atoms with E-state index in [1.54, 1.807) is 0 Å². The first kappa shape index (κ1) is 12.0. The Hall–Kier alpha value is -1.49. The van der Waals surface area contributed by atoms with Gasteiger partial charge in [0.15, 0.2) is 0 Å². The number of carbonyl (C=O) groups excluding carboxylic acids is 1. The number of carboxylic acids is 1. The molecule has 0 spiro atoms. The van der Waals surface area contributed by atoms with E-state index in [0.717, 1.165) is 12.8 Å². The zero-order valence-corrected chi connectivity index (χ0v) is 9.83. The van der Waals surface area contributed by atoms with Crippen LogP contribution < -0.4 is 5.32 Å². The second-order valence-corrected chi connectivity index (χ2v) is 4.68. The molecule has 1 saturated carbocycles. The molecule has 1 aromatic heterocycles. The van der Waals surface area contributed by atoms with Gasteiger partial charge >= 0.3 is 5.97 Å². The highest BCUT2D eigenvalue weighted by Gasteiger charge is 2.34. The Balaban J connectivity index is 1.97. The molecular formula is C11H13ClN2O3. The minimum absolute atomic E-state index is 0.0369. The van der Waals surface area contributed by atoms with Crippen molar-refractivity contribution >= 4 is 23.5 Å². The highest BCUT2D eigenvalue weighted by Crippen LogP contribution is 2.34. The Kier molecular flexibility index (Phi) is 3.38. The lowest BCUT2D eigenvalue weighted by Gasteiger charge is -2.15. The highest BCUT2D eigenvalue weighted by molar-refractivity contribution is 6.30. The zero-order valence-electron chi connectivity index (χ0n) is 9.07. The van der Waals surface area contributed by atoms with Crippen molar-refractivity contribution in [3.05, 3.63) is 23.0 Å². The summed E-state index contributed by atoms with van der Waals surface area (Å²) in [5.41, 5.74) is 0.353. The Morgan fingerprint density at radius 1 is 1.59 bits per heavy atom. The first-order chi connectivity index (χ1) is 8.06. The summed E-state index contributed by atoms with van der Waals surface area (Å²) >= 11 is 5.69. The number of amides is 1. The number of hydrogen-bond acceptors (Lipinski definition) is 2. The van der Waals surface area contributed by atoms with Gasteiger partial charge in [-0.3, -0.25) is 9.59 Å². The van der Waals surface area contributed by atoms with Gasteiger partial charge in [0.2, 0.25) is 0 Å². The SMILES string of the molecule is O=C(O)CC(NC(=O)c1cc(Cl)c[nH]1)C1CC1. The van der Waals surface area contributed by atoms with Gasteiger partial charge in [-0.15, -0.1) is 0 Å². The van der Waals surface area contributed by atoms with Crippen LogP contribution >= 0.6 is 11.6 Å². The largest absolute Gasteiger partial charge is 0.481 e. The van der Waals surface area contributed by atoms with Crippen LogP contribution in [-0.4, -0.2) is 28.0 Å². The summed E-state index contributed by atoms with van der Waals surface area (Å²) in [6.07, 6.45) is 3.43. The molecule has 0 aliphatic heterocycles. The Morgan fingerprint density at radius 3 is 2.76 bits per heavy atom. The Morgan fingerprint density at radius 2 is 2.29 bits per heavy atom. The van der Waals surface area contributed by atoms with E-state index < -0.39 is 5.97 Å². The molecule has 1 unspecified atom stereocenters. The van der Waals surface area contributed by atoms with Crippen molar-refractivity contribution < 1.29 is 14.7 Å². The number of aliphatic carboxylic acids is 1. The number of nitrogens with one attached hydrogen (secondary N) is 2. The summed E-state index contributed by atoms with van der Waals surface area (Å²) in [6.45, 7) is 0. The molecule has 1 atom stereocenters. The molecule has 1 aliphatic rings. The fraction of sp³-hybridized carbons (Fsp3) is 0.455. The molecule has 3 N–H and O–H groups in total. The van der Waals surface area contributed by atoms with E-state index in [2.05, 4.69) is 10.3 Å². The van der Waals surface area contributed by atoms with Crippen LogP contribution in [0.2, 0.25) is 5.02 Å². The maximum atomic E-state index is 11.8. The number of carboxylic acid groups (broad SMARTS) is 1. The molecule has 1 amide bonds. The van der Waals surface area contributed by atoms with Gasteiger partial charge in [-0.2, -0.15) is 0 Å². The minimum Gasteiger partial charge on any atom is -0.481 e. The van der Waals surface area contributed by atoms with Crippen molar-refractivity contribution in [2.75, 3.05) is 0 Å². The lowest BCUT2D eigenvalue weighted by molar-refractivity contribution is -0.137. The number of halogens is 1. The van der Waals surface area contributed by atoms with E-state index in [9.17, 15) is 9.59 Å². The third kappa shape index (κ3) is 3.23. The van der Waals surface area contributed by atoms with Gasteiger partial charge in [0.25, 0.3) is 5.91 Å². The van der Waals surface area contributed by atoms with Crippen molar-refractivity contribution in [1.29, 1.82) is 0 Å². The lowest BCUT2D eigenvalue weighted by atomic mass is 10.1. The van der Waals surface area contributed by atoms with Crippen LogP contribution in [0.25, 0.3) is 0 Å². The van der Waals surface area contributed by atoms with Gasteiger partial charge in [0, 0.05) is 12.2 Å². The smallest absolute Gasteiger partial charge is 0.305 e. The van der Waals surface area contributed by atoms with Crippen LogP contribution in [0.15, 0.2) is 12.3 Å². The van der Waals surface area contributed by atoms with Crippen molar-refractivity contribution in [3.8, 4) is 0 Å². The first-order valence-electron chi connectivity index (χ1n) is 5.43.